The van der Waals surface area contributed by atoms with Gasteiger partial charge in [0, 0.05) is 54.7 Å². The van der Waals surface area contributed by atoms with Crippen LogP contribution in [-0.2, 0) is 6.18 Å². The Morgan fingerprint density at radius 1 is 0.947 bits per heavy atom. The Balaban J connectivity index is 0.000000389. The third-order valence-corrected chi connectivity index (χ3v) is 5.84. The van der Waals surface area contributed by atoms with E-state index in [1.54, 1.807) is 25.1 Å². The zero-order valence-electron chi connectivity index (χ0n) is 22.2. The van der Waals surface area contributed by atoms with Crippen LogP contribution in [0.25, 0.3) is 0 Å². The highest BCUT2D eigenvalue weighted by Crippen LogP contribution is 2.38. The fourth-order valence-electron chi connectivity index (χ4n) is 3.79. The van der Waals surface area contributed by atoms with Gasteiger partial charge in [-0.15, -0.1) is 13.2 Å². The quantitative estimate of drug-likeness (QED) is 0.157. The average molecular weight is 537 g/mol. The standard InChI is InChI=1S/C14H19F3N2O2.C13H16N2O2/c1-4-8-18(10(3)5-2)11-6-7-13(19(20)21)12(9-11)14(15,16)17;1-4-8-14(9-5-2)12-6-7-13(15(16)17)11(3)10-12/h6-7,9-10H,4-5,8H2,1-3H3;4-7,10H,1-2,8-9H2,3H3. The largest absolute Gasteiger partial charge is 0.423 e. The van der Waals surface area contributed by atoms with Crippen LogP contribution < -0.4 is 9.80 Å². The molecule has 0 aromatic heterocycles. The Morgan fingerprint density at radius 3 is 1.89 bits per heavy atom. The third-order valence-electron chi connectivity index (χ3n) is 5.84. The van der Waals surface area contributed by atoms with E-state index >= 15 is 0 Å². The van der Waals surface area contributed by atoms with E-state index in [9.17, 15) is 33.4 Å². The number of halogens is 3. The molecule has 2 rings (SSSR count). The molecular formula is C27H35F3N4O4. The smallest absolute Gasteiger partial charge is 0.369 e. The number of anilines is 2. The number of nitro groups is 2. The lowest BCUT2D eigenvalue weighted by atomic mass is 10.1. The zero-order valence-corrected chi connectivity index (χ0v) is 22.2. The van der Waals surface area contributed by atoms with E-state index in [0.29, 0.717) is 30.9 Å². The Kier molecular flexibility index (Phi) is 12.5. The number of benzene rings is 2. The van der Waals surface area contributed by atoms with E-state index in [0.717, 1.165) is 30.7 Å². The Morgan fingerprint density at radius 2 is 1.47 bits per heavy atom. The number of nitrogens with zero attached hydrogens (tertiary/aromatic N) is 4. The molecule has 11 heteroatoms. The van der Waals surface area contributed by atoms with Crippen LogP contribution >= 0.6 is 0 Å². The molecule has 0 heterocycles. The summed E-state index contributed by atoms with van der Waals surface area (Å²) in [7, 11) is 0. The van der Waals surface area contributed by atoms with Crippen LogP contribution in [0.1, 0.15) is 44.7 Å². The lowest BCUT2D eigenvalue weighted by Gasteiger charge is -2.31. The molecule has 0 aliphatic carbocycles. The maximum Gasteiger partial charge on any atom is 0.423 e. The molecule has 0 fully saturated rings. The van der Waals surface area contributed by atoms with Gasteiger partial charge in [0.2, 0.25) is 0 Å². The van der Waals surface area contributed by atoms with Crippen LogP contribution in [0.5, 0.6) is 0 Å². The first-order valence-corrected chi connectivity index (χ1v) is 12.2. The molecule has 2 aromatic rings. The van der Waals surface area contributed by atoms with Crippen molar-refractivity contribution in [3.05, 3.63) is 93.1 Å². The minimum atomic E-state index is -4.74. The second-order valence-electron chi connectivity index (χ2n) is 8.62. The van der Waals surface area contributed by atoms with Crippen LogP contribution in [0.2, 0.25) is 0 Å². The van der Waals surface area contributed by atoms with Gasteiger partial charge in [0.05, 0.1) is 9.85 Å². The van der Waals surface area contributed by atoms with Gasteiger partial charge in [-0.25, -0.2) is 0 Å². The third kappa shape index (κ3) is 8.89. The van der Waals surface area contributed by atoms with Gasteiger partial charge in [-0.05, 0) is 51.0 Å². The lowest BCUT2D eigenvalue weighted by Crippen LogP contribution is -2.33. The van der Waals surface area contributed by atoms with Crippen molar-refractivity contribution in [2.75, 3.05) is 29.4 Å². The minimum absolute atomic E-state index is 0.0625. The van der Waals surface area contributed by atoms with Crippen molar-refractivity contribution >= 4 is 22.7 Å². The van der Waals surface area contributed by atoms with Crippen molar-refractivity contribution < 1.29 is 23.0 Å². The predicted molar refractivity (Wildman–Crippen MR) is 146 cm³/mol. The molecule has 0 aliphatic rings. The van der Waals surface area contributed by atoms with Gasteiger partial charge in [-0.2, -0.15) is 13.2 Å². The van der Waals surface area contributed by atoms with Gasteiger partial charge in [-0.1, -0.05) is 26.0 Å². The summed E-state index contributed by atoms with van der Waals surface area (Å²) < 4.78 is 39.0. The van der Waals surface area contributed by atoms with Gasteiger partial charge in [0.1, 0.15) is 5.56 Å². The number of alkyl halides is 3. The van der Waals surface area contributed by atoms with Crippen molar-refractivity contribution in [1.29, 1.82) is 0 Å². The molecule has 1 unspecified atom stereocenters. The maximum absolute atomic E-state index is 13.0. The van der Waals surface area contributed by atoms with E-state index < -0.39 is 22.4 Å². The van der Waals surface area contributed by atoms with Crippen LogP contribution in [-0.4, -0.2) is 35.5 Å². The van der Waals surface area contributed by atoms with Crippen LogP contribution in [0.15, 0.2) is 61.7 Å². The molecule has 0 aliphatic heterocycles. The molecule has 208 valence electrons. The highest BCUT2D eigenvalue weighted by Gasteiger charge is 2.38. The number of rotatable bonds is 12. The Labute approximate surface area is 221 Å². The topological polar surface area (TPSA) is 92.8 Å². The summed E-state index contributed by atoms with van der Waals surface area (Å²) in [6.07, 6.45) is 0.396. The normalized spacial score (nSPS) is 11.6. The monoisotopic (exact) mass is 536 g/mol. The molecule has 0 saturated carbocycles. The van der Waals surface area contributed by atoms with Gasteiger partial charge in [0.25, 0.3) is 11.4 Å². The highest BCUT2D eigenvalue weighted by atomic mass is 19.4. The molecule has 0 radical (unpaired) electrons. The second-order valence-corrected chi connectivity index (χ2v) is 8.62. The van der Waals surface area contributed by atoms with E-state index in [2.05, 4.69) is 13.2 Å². The molecule has 0 saturated heterocycles. The summed E-state index contributed by atoms with van der Waals surface area (Å²) in [5.41, 5.74) is -0.00480. The number of aryl methyl sites for hydroxylation is 1. The van der Waals surface area contributed by atoms with Crippen LogP contribution in [0.4, 0.5) is 35.9 Å². The summed E-state index contributed by atoms with van der Waals surface area (Å²) in [6.45, 7) is 16.9. The first-order valence-electron chi connectivity index (χ1n) is 12.2. The van der Waals surface area contributed by atoms with Crippen LogP contribution in [0, 0.1) is 27.2 Å². The lowest BCUT2D eigenvalue weighted by molar-refractivity contribution is -0.388. The van der Waals surface area contributed by atoms with E-state index in [1.165, 1.54) is 12.1 Å². The van der Waals surface area contributed by atoms with Gasteiger partial charge >= 0.3 is 6.18 Å². The highest BCUT2D eigenvalue weighted by molar-refractivity contribution is 5.57. The molecule has 1 atom stereocenters. The van der Waals surface area contributed by atoms with Crippen molar-refractivity contribution in [2.24, 2.45) is 0 Å². The van der Waals surface area contributed by atoms with Gasteiger partial charge in [0.15, 0.2) is 0 Å². The molecule has 0 amide bonds. The van der Waals surface area contributed by atoms with Crippen molar-refractivity contribution in [3.8, 4) is 0 Å². The summed E-state index contributed by atoms with van der Waals surface area (Å²) in [5.74, 6) is 0. The summed E-state index contributed by atoms with van der Waals surface area (Å²) in [6, 6.07) is 8.35. The molecule has 0 N–H and O–H groups in total. The molecular weight excluding hydrogens is 501 g/mol. The summed E-state index contributed by atoms with van der Waals surface area (Å²) in [5, 5.41) is 21.5. The molecule has 8 nitrogen and oxygen atoms in total. The Hall–Kier alpha value is -3.89. The van der Waals surface area contributed by atoms with E-state index in [1.807, 2.05) is 36.6 Å². The molecule has 0 spiro atoms. The van der Waals surface area contributed by atoms with E-state index in [4.69, 9.17) is 0 Å². The minimum Gasteiger partial charge on any atom is -0.369 e. The number of hydrogen-bond acceptors (Lipinski definition) is 6. The zero-order chi connectivity index (χ0) is 29.0. The Bertz CT molecular complexity index is 1110. The van der Waals surface area contributed by atoms with Gasteiger partial charge in [-0.3, -0.25) is 20.2 Å². The van der Waals surface area contributed by atoms with E-state index in [-0.39, 0.29) is 16.7 Å². The fourth-order valence-corrected chi connectivity index (χ4v) is 3.79. The van der Waals surface area contributed by atoms with Crippen molar-refractivity contribution in [1.82, 2.24) is 0 Å². The maximum atomic E-state index is 13.0. The number of nitro benzene ring substituents is 2. The summed E-state index contributed by atoms with van der Waals surface area (Å²) >= 11 is 0. The summed E-state index contributed by atoms with van der Waals surface area (Å²) in [4.78, 5) is 24.0. The molecule has 38 heavy (non-hydrogen) atoms. The second kappa shape index (κ2) is 14.7. The first-order chi connectivity index (χ1) is 17.8. The first kappa shape index (κ1) is 32.1. The molecule has 0 bridgehead atoms. The SMILES string of the molecule is C=CCN(CC=C)c1ccc([N+](=O)[O-])c(C)c1.CCCN(c1ccc([N+](=O)[O-])c(C(F)(F)F)c1)C(C)CC. The average Bonchev–Trinajstić information content (AvgIpc) is 2.86. The van der Waals surface area contributed by atoms with Crippen molar-refractivity contribution in [3.63, 3.8) is 0 Å². The predicted octanol–water partition coefficient (Wildman–Crippen LogP) is 7.71. The van der Waals surface area contributed by atoms with Crippen molar-refractivity contribution in [2.45, 2.75) is 52.8 Å². The van der Waals surface area contributed by atoms with Gasteiger partial charge < -0.3 is 9.80 Å². The number of hydrogen-bond donors (Lipinski definition) is 0. The molecule has 2 aromatic carbocycles. The fraction of sp³-hybridized carbons (Fsp3) is 0.407. The van der Waals surface area contributed by atoms with Crippen LogP contribution in [0.3, 0.4) is 0 Å².